The van der Waals surface area contributed by atoms with E-state index in [-0.39, 0.29) is 29.1 Å². The Balaban J connectivity index is 1.95. The van der Waals surface area contributed by atoms with Crippen molar-refractivity contribution in [1.82, 2.24) is 15.1 Å². The summed E-state index contributed by atoms with van der Waals surface area (Å²) < 4.78 is 28.2. The second-order valence-electron chi connectivity index (χ2n) is 5.54. The van der Waals surface area contributed by atoms with Gasteiger partial charge in [0.2, 0.25) is 0 Å². The Morgan fingerprint density at radius 3 is 2.83 bits per heavy atom. The fraction of sp³-hybridized carbons (Fsp3) is 0.643. The van der Waals surface area contributed by atoms with E-state index in [0.29, 0.717) is 13.0 Å². The van der Waals surface area contributed by atoms with Crippen LogP contribution in [0.1, 0.15) is 36.7 Å². The SMILES string of the molecule is CCCCN(C(=O)COC(=O)c1ccn[nH]1)C1CCS(=O)(=O)C1. The van der Waals surface area contributed by atoms with Crippen molar-refractivity contribution in [2.24, 2.45) is 0 Å². The number of hydrogen-bond acceptors (Lipinski definition) is 6. The number of nitrogens with zero attached hydrogens (tertiary/aromatic N) is 2. The van der Waals surface area contributed by atoms with E-state index < -0.39 is 22.4 Å². The van der Waals surface area contributed by atoms with Gasteiger partial charge in [0.05, 0.1) is 11.5 Å². The van der Waals surface area contributed by atoms with E-state index in [1.165, 1.54) is 17.2 Å². The van der Waals surface area contributed by atoms with Gasteiger partial charge >= 0.3 is 5.97 Å². The maximum Gasteiger partial charge on any atom is 0.356 e. The van der Waals surface area contributed by atoms with Gasteiger partial charge in [-0.3, -0.25) is 9.89 Å². The van der Waals surface area contributed by atoms with Gasteiger partial charge in [0.1, 0.15) is 5.69 Å². The molecule has 0 spiro atoms. The fourth-order valence-corrected chi connectivity index (χ4v) is 4.25. The Kier molecular flexibility index (Phi) is 5.75. The first-order chi connectivity index (χ1) is 10.9. The summed E-state index contributed by atoms with van der Waals surface area (Å²) in [6.45, 7) is 2.06. The minimum absolute atomic E-state index is 0.0169. The van der Waals surface area contributed by atoms with Crippen LogP contribution in [-0.4, -0.2) is 66.1 Å². The lowest BCUT2D eigenvalue weighted by Gasteiger charge is -2.28. The van der Waals surface area contributed by atoms with E-state index in [9.17, 15) is 18.0 Å². The predicted octanol–water partition coefficient (Wildman–Crippen LogP) is 0.382. The molecular weight excluding hydrogens is 322 g/mol. The van der Waals surface area contributed by atoms with E-state index in [0.717, 1.165) is 12.8 Å². The highest BCUT2D eigenvalue weighted by Crippen LogP contribution is 2.18. The highest BCUT2D eigenvalue weighted by Gasteiger charge is 2.34. The van der Waals surface area contributed by atoms with Crippen LogP contribution >= 0.6 is 0 Å². The number of amides is 1. The summed E-state index contributed by atoms with van der Waals surface area (Å²) in [5, 5.41) is 6.10. The maximum absolute atomic E-state index is 12.3. The standard InChI is InChI=1S/C14H21N3O5S/c1-2-3-7-17(11-5-8-23(20,21)10-11)13(18)9-22-14(19)12-4-6-15-16-12/h4,6,11H,2-3,5,7-10H2,1H3,(H,15,16). The van der Waals surface area contributed by atoms with Crippen molar-refractivity contribution < 1.29 is 22.7 Å². The molecule has 0 aliphatic carbocycles. The highest BCUT2D eigenvalue weighted by molar-refractivity contribution is 7.91. The third-order valence-corrected chi connectivity index (χ3v) is 5.52. The minimum atomic E-state index is -3.08. The smallest absolute Gasteiger partial charge is 0.356 e. The Bertz CT molecular complexity index is 641. The summed E-state index contributed by atoms with van der Waals surface area (Å²) in [4.78, 5) is 25.6. The van der Waals surface area contributed by atoms with Gasteiger partial charge in [-0.2, -0.15) is 5.10 Å². The van der Waals surface area contributed by atoms with Crippen LogP contribution in [0.4, 0.5) is 0 Å². The number of sulfone groups is 1. The number of unbranched alkanes of at least 4 members (excludes halogenated alkanes) is 1. The summed E-state index contributed by atoms with van der Waals surface area (Å²) in [5.41, 5.74) is 0.168. The first kappa shape index (κ1) is 17.5. The number of ether oxygens (including phenoxy) is 1. The number of nitrogens with one attached hydrogen (secondary N) is 1. The van der Waals surface area contributed by atoms with E-state index in [1.807, 2.05) is 6.92 Å². The molecule has 1 unspecified atom stereocenters. The summed E-state index contributed by atoms with van der Waals surface area (Å²) in [6, 6.07) is 1.12. The molecule has 1 atom stereocenters. The molecule has 1 aliphatic rings. The van der Waals surface area contributed by atoms with Gasteiger partial charge in [-0.05, 0) is 18.9 Å². The van der Waals surface area contributed by atoms with Crippen LogP contribution in [0.2, 0.25) is 0 Å². The third-order valence-electron chi connectivity index (χ3n) is 3.77. The van der Waals surface area contributed by atoms with E-state index in [4.69, 9.17) is 4.74 Å². The summed E-state index contributed by atoms with van der Waals surface area (Å²) in [7, 11) is -3.08. The molecule has 0 aromatic carbocycles. The number of carbonyl (C=O) groups is 2. The molecule has 0 saturated carbocycles. The molecule has 1 fully saturated rings. The molecule has 8 nitrogen and oxygen atoms in total. The molecule has 1 aliphatic heterocycles. The van der Waals surface area contributed by atoms with Crippen LogP contribution in [0.3, 0.4) is 0 Å². The minimum Gasteiger partial charge on any atom is -0.451 e. The topological polar surface area (TPSA) is 109 Å². The van der Waals surface area contributed by atoms with Gasteiger partial charge in [0, 0.05) is 18.8 Å². The average Bonchev–Trinajstić information content (AvgIpc) is 3.15. The van der Waals surface area contributed by atoms with Gasteiger partial charge in [-0.15, -0.1) is 0 Å². The lowest BCUT2D eigenvalue weighted by Crippen LogP contribution is -2.43. The highest BCUT2D eigenvalue weighted by atomic mass is 32.2. The molecule has 128 valence electrons. The summed E-state index contributed by atoms with van der Waals surface area (Å²) >= 11 is 0. The number of rotatable bonds is 7. The second-order valence-corrected chi connectivity index (χ2v) is 7.77. The number of aromatic amines is 1. The lowest BCUT2D eigenvalue weighted by molar-refractivity contribution is -0.136. The molecule has 1 aromatic heterocycles. The van der Waals surface area contributed by atoms with E-state index in [1.54, 1.807) is 0 Å². The normalized spacial score (nSPS) is 19.4. The van der Waals surface area contributed by atoms with Crippen molar-refractivity contribution in [3.8, 4) is 0 Å². The quantitative estimate of drug-likeness (QED) is 0.717. The maximum atomic E-state index is 12.3. The van der Waals surface area contributed by atoms with Crippen LogP contribution in [0.5, 0.6) is 0 Å². The molecule has 1 saturated heterocycles. The summed E-state index contributed by atoms with van der Waals surface area (Å²) in [6.07, 6.45) is 3.51. The van der Waals surface area contributed by atoms with Gasteiger partial charge < -0.3 is 9.64 Å². The largest absolute Gasteiger partial charge is 0.451 e. The molecule has 0 radical (unpaired) electrons. The van der Waals surface area contributed by atoms with Crippen molar-refractivity contribution in [3.05, 3.63) is 18.0 Å². The van der Waals surface area contributed by atoms with Crippen LogP contribution in [0.25, 0.3) is 0 Å². The Labute approximate surface area is 135 Å². The zero-order chi connectivity index (χ0) is 16.9. The Morgan fingerprint density at radius 2 is 2.26 bits per heavy atom. The number of esters is 1. The van der Waals surface area contributed by atoms with Gasteiger partial charge in [-0.1, -0.05) is 13.3 Å². The summed E-state index contributed by atoms with van der Waals surface area (Å²) in [5.74, 6) is -0.947. The van der Waals surface area contributed by atoms with Crippen molar-refractivity contribution >= 4 is 21.7 Å². The van der Waals surface area contributed by atoms with Crippen molar-refractivity contribution in [2.75, 3.05) is 24.7 Å². The average molecular weight is 343 g/mol. The first-order valence-electron chi connectivity index (χ1n) is 7.59. The van der Waals surface area contributed by atoms with Crippen LogP contribution in [-0.2, 0) is 19.4 Å². The van der Waals surface area contributed by atoms with Crippen LogP contribution in [0, 0.1) is 0 Å². The third kappa shape index (κ3) is 4.78. The number of aromatic nitrogens is 2. The molecule has 1 amide bonds. The van der Waals surface area contributed by atoms with Crippen molar-refractivity contribution in [2.45, 2.75) is 32.2 Å². The fourth-order valence-electron chi connectivity index (χ4n) is 2.52. The van der Waals surface area contributed by atoms with Gasteiger partial charge in [0.25, 0.3) is 5.91 Å². The van der Waals surface area contributed by atoms with Gasteiger partial charge in [0.15, 0.2) is 16.4 Å². The molecule has 0 bridgehead atoms. The second kappa shape index (κ2) is 7.58. The van der Waals surface area contributed by atoms with Crippen LogP contribution < -0.4 is 0 Å². The molecular formula is C14H21N3O5S. The molecule has 1 aromatic rings. The molecule has 2 heterocycles. The molecule has 23 heavy (non-hydrogen) atoms. The predicted molar refractivity (Wildman–Crippen MR) is 82.6 cm³/mol. The molecule has 1 N–H and O–H groups in total. The van der Waals surface area contributed by atoms with Crippen LogP contribution in [0.15, 0.2) is 12.3 Å². The van der Waals surface area contributed by atoms with Crippen molar-refractivity contribution in [3.63, 3.8) is 0 Å². The monoisotopic (exact) mass is 343 g/mol. The number of hydrogen-bond donors (Lipinski definition) is 1. The van der Waals surface area contributed by atoms with E-state index in [2.05, 4.69) is 10.2 Å². The zero-order valence-corrected chi connectivity index (χ0v) is 13.8. The number of carbonyl (C=O) groups excluding carboxylic acids is 2. The Hall–Kier alpha value is -1.90. The molecule has 2 rings (SSSR count). The van der Waals surface area contributed by atoms with Crippen molar-refractivity contribution in [1.29, 1.82) is 0 Å². The van der Waals surface area contributed by atoms with Gasteiger partial charge in [-0.25, -0.2) is 13.2 Å². The van der Waals surface area contributed by atoms with E-state index >= 15 is 0 Å². The Morgan fingerprint density at radius 1 is 1.48 bits per heavy atom. The number of H-pyrrole nitrogens is 1. The zero-order valence-electron chi connectivity index (χ0n) is 13.0. The molecule has 9 heteroatoms. The first-order valence-corrected chi connectivity index (χ1v) is 9.41. The lowest BCUT2D eigenvalue weighted by atomic mass is 10.2.